The van der Waals surface area contributed by atoms with E-state index in [9.17, 15) is 18.0 Å². The lowest BCUT2D eigenvalue weighted by atomic mass is 10.1. The quantitative estimate of drug-likeness (QED) is 0.387. The highest BCUT2D eigenvalue weighted by Crippen LogP contribution is 2.30. The van der Waals surface area contributed by atoms with Gasteiger partial charge in [0, 0.05) is 0 Å². The highest BCUT2D eigenvalue weighted by molar-refractivity contribution is 5.80. The summed E-state index contributed by atoms with van der Waals surface area (Å²) in [7, 11) is 0. The van der Waals surface area contributed by atoms with Crippen LogP contribution in [0.5, 0.6) is 5.75 Å². The first-order valence-corrected chi connectivity index (χ1v) is 9.97. The van der Waals surface area contributed by atoms with Crippen molar-refractivity contribution in [2.24, 2.45) is 0 Å². The number of benzene rings is 3. The van der Waals surface area contributed by atoms with E-state index in [0.717, 1.165) is 12.1 Å². The number of aromatic nitrogens is 2. The minimum Gasteiger partial charge on any atom is -0.494 e. The summed E-state index contributed by atoms with van der Waals surface area (Å²) in [6, 6.07) is 18.9. The van der Waals surface area contributed by atoms with Crippen molar-refractivity contribution in [3.63, 3.8) is 0 Å². The van der Waals surface area contributed by atoms with Gasteiger partial charge in [-0.15, -0.1) is 0 Å². The first-order chi connectivity index (χ1) is 15.4. The standard InChI is InChI=1S/C25H19F3N2O2/c1-2-32-20-13-11-19(12-14-20)30-23(29-22-9-4-3-8-21(22)24(30)31)15-10-17-6-5-7-18(16-17)25(26,27)28/h3-16H,2H2,1H3/b15-10-. The first kappa shape index (κ1) is 21.4. The van der Waals surface area contributed by atoms with Crippen LogP contribution >= 0.6 is 0 Å². The third-order valence-electron chi connectivity index (χ3n) is 4.85. The monoisotopic (exact) mass is 436 g/mol. The Morgan fingerprint density at radius 3 is 2.44 bits per heavy atom. The fourth-order valence-electron chi connectivity index (χ4n) is 3.36. The summed E-state index contributed by atoms with van der Waals surface area (Å²) in [6.45, 7) is 2.39. The maximum atomic E-state index is 13.3. The van der Waals surface area contributed by atoms with Gasteiger partial charge in [0.1, 0.15) is 11.6 Å². The van der Waals surface area contributed by atoms with Gasteiger partial charge in [-0.1, -0.05) is 30.3 Å². The third kappa shape index (κ3) is 4.42. The summed E-state index contributed by atoms with van der Waals surface area (Å²) in [5.41, 5.74) is 0.405. The summed E-state index contributed by atoms with van der Waals surface area (Å²) in [5, 5.41) is 0.442. The Bertz CT molecular complexity index is 1340. The molecule has 0 spiro atoms. The Morgan fingerprint density at radius 1 is 0.969 bits per heavy atom. The van der Waals surface area contributed by atoms with Crippen molar-refractivity contribution in [1.82, 2.24) is 9.55 Å². The molecule has 1 aromatic heterocycles. The maximum Gasteiger partial charge on any atom is 0.416 e. The van der Waals surface area contributed by atoms with Crippen molar-refractivity contribution < 1.29 is 17.9 Å². The molecular formula is C25H19F3N2O2. The third-order valence-corrected chi connectivity index (χ3v) is 4.85. The Morgan fingerprint density at radius 2 is 1.72 bits per heavy atom. The summed E-state index contributed by atoms with van der Waals surface area (Å²) in [6.07, 6.45) is -1.38. The largest absolute Gasteiger partial charge is 0.494 e. The van der Waals surface area contributed by atoms with Crippen LogP contribution in [0.3, 0.4) is 0 Å². The SMILES string of the molecule is CCOc1ccc(-n2c(/C=C\c3cccc(C(F)(F)F)c3)nc3ccccc3c2=O)cc1. The van der Waals surface area contributed by atoms with Crippen LogP contribution < -0.4 is 10.3 Å². The minimum atomic E-state index is -4.44. The van der Waals surface area contributed by atoms with Crippen molar-refractivity contribution in [2.75, 3.05) is 6.61 Å². The Labute approximate surface area is 182 Å². The summed E-state index contributed by atoms with van der Waals surface area (Å²) < 4.78 is 46.0. The van der Waals surface area contributed by atoms with Crippen molar-refractivity contribution in [2.45, 2.75) is 13.1 Å². The van der Waals surface area contributed by atoms with Crippen molar-refractivity contribution in [3.8, 4) is 11.4 Å². The van der Waals surface area contributed by atoms with E-state index in [1.165, 1.54) is 16.7 Å². The molecule has 0 aliphatic heterocycles. The van der Waals surface area contributed by atoms with E-state index >= 15 is 0 Å². The molecule has 4 nitrogen and oxygen atoms in total. The molecule has 0 radical (unpaired) electrons. The summed E-state index contributed by atoms with van der Waals surface area (Å²) in [4.78, 5) is 17.8. The lowest BCUT2D eigenvalue weighted by Crippen LogP contribution is -2.22. The number of rotatable bonds is 5. The highest BCUT2D eigenvalue weighted by atomic mass is 19.4. The van der Waals surface area contributed by atoms with Crippen LogP contribution in [0.1, 0.15) is 23.9 Å². The fourth-order valence-corrected chi connectivity index (χ4v) is 3.36. The molecule has 0 aliphatic carbocycles. The number of para-hydroxylation sites is 1. The van der Waals surface area contributed by atoms with Crippen LogP contribution in [0.2, 0.25) is 0 Å². The number of hydrogen-bond donors (Lipinski definition) is 0. The molecule has 3 aromatic carbocycles. The molecule has 0 bridgehead atoms. The molecule has 0 amide bonds. The Kier molecular flexibility index (Phi) is 5.81. The molecule has 0 saturated heterocycles. The molecule has 7 heteroatoms. The van der Waals surface area contributed by atoms with Crippen LogP contribution in [0, 0.1) is 0 Å². The van der Waals surface area contributed by atoms with Gasteiger partial charge >= 0.3 is 6.18 Å². The van der Waals surface area contributed by atoms with Crippen LogP contribution in [-0.4, -0.2) is 16.2 Å². The van der Waals surface area contributed by atoms with Crippen molar-refractivity contribution in [1.29, 1.82) is 0 Å². The average Bonchev–Trinajstić information content (AvgIpc) is 2.78. The van der Waals surface area contributed by atoms with E-state index < -0.39 is 11.7 Å². The van der Waals surface area contributed by atoms with E-state index in [1.807, 2.05) is 6.92 Å². The van der Waals surface area contributed by atoms with Crippen molar-refractivity contribution >= 4 is 23.1 Å². The Balaban J connectivity index is 1.84. The number of hydrogen-bond acceptors (Lipinski definition) is 3. The molecule has 0 aliphatic rings. The van der Waals surface area contributed by atoms with Gasteiger partial charge in [-0.2, -0.15) is 13.2 Å². The smallest absolute Gasteiger partial charge is 0.416 e. The van der Waals surface area contributed by atoms with Gasteiger partial charge < -0.3 is 4.74 Å². The van der Waals surface area contributed by atoms with Crippen LogP contribution in [0.25, 0.3) is 28.7 Å². The van der Waals surface area contributed by atoms with E-state index in [1.54, 1.807) is 60.7 Å². The fraction of sp³-hybridized carbons (Fsp3) is 0.120. The summed E-state index contributed by atoms with van der Waals surface area (Å²) >= 11 is 0. The van der Waals surface area contributed by atoms with E-state index in [2.05, 4.69) is 4.98 Å². The van der Waals surface area contributed by atoms with Gasteiger partial charge in [-0.25, -0.2) is 4.98 Å². The number of halogens is 3. The van der Waals surface area contributed by atoms with Gasteiger partial charge in [-0.3, -0.25) is 9.36 Å². The molecular weight excluding hydrogens is 417 g/mol. The Hall–Kier alpha value is -3.87. The lowest BCUT2D eigenvalue weighted by Gasteiger charge is -2.12. The second-order valence-corrected chi connectivity index (χ2v) is 7.01. The lowest BCUT2D eigenvalue weighted by molar-refractivity contribution is -0.137. The van der Waals surface area contributed by atoms with Crippen LogP contribution in [0.4, 0.5) is 13.2 Å². The molecule has 0 N–H and O–H groups in total. The first-order valence-electron chi connectivity index (χ1n) is 9.97. The number of fused-ring (bicyclic) bond motifs is 1. The highest BCUT2D eigenvalue weighted by Gasteiger charge is 2.30. The van der Waals surface area contributed by atoms with E-state index in [4.69, 9.17) is 4.74 Å². The zero-order chi connectivity index (χ0) is 22.7. The van der Waals surface area contributed by atoms with Crippen LogP contribution in [-0.2, 0) is 6.18 Å². The van der Waals surface area contributed by atoms with Crippen molar-refractivity contribution in [3.05, 3.63) is 100 Å². The number of alkyl halides is 3. The molecule has 0 fully saturated rings. The molecule has 4 aromatic rings. The number of ether oxygens (including phenoxy) is 1. The molecule has 0 atom stereocenters. The second kappa shape index (κ2) is 8.70. The second-order valence-electron chi connectivity index (χ2n) is 7.01. The molecule has 0 saturated carbocycles. The van der Waals surface area contributed by atoms with Gasteiger partial charge in [0.15, 0.2) is 0 Å². The normalized spacial score (nSPS) is 11.9. The molecule has 32 heavy (non-hydrogen) atoms. The predicted molar refractivity (Wildman–Crippen MR) is 119 cm³/mol. The average molecular weight is 436 g/mol. The zero-order valence-corrected chi connectivity index (χ0v) is 17.1. The minimum absolute atomic E-state index is 0.275. The molecule has 4 rings (SSSR count). The molecule has 1 heterocycles. The molecule has 162 valence electrons. The number of nitrogens with zero attached hydrogens (tertiary/aromatic N) is 2. The van der Waals surface area contributed by atoms with Gasteiger partial charge in [0.05, 0.1) is 28.8 Å². The van der Waals surface area contributed by atoms with Crippen LogP contribution in [0.15, 0.2) is 77.6 Å². The van der Waals surface area contributed by atoms with E-state index in [0.29, 0.717) is 40.3 Å². The maximum absolute atomic E-state index is 13.3. The topological polar surface area (TPSA) is 44.1 Å². The zero-order valence-electron chi connectivity index (χ0n) is 17.1. The van der Waals surface area contributed by atoms with Gasteiger partial charge in [0.25, 0.3) is 5.56 Å². The van der Waals surface area contributed by atoms with Gasteiger partial charge in [0.2, 0.25) is 0 Å². The van der Waals surface area contributed by atoms with E-state index in [-0.39, 0.29) is 5.56 Å². The summed E-state index contributed by atoms with van der Waals surface area (Å²) in [5.74, 6) is 0.967. The van der Waals surface area contributed by atoms with Gasteiger partial charge in [-0.05, 0) is 67.1 Å². The predicted octanol–water partition coefficient (Wildman–Crippen LogP) is 5.97. The molecule has 0 unspecified atom stereocenters.